The molecule has 5 heteroatoms. The number of ether oxygens (including phenoxy) is 2. The fourth-order valence-corrected chi connectivity index (χ4v) is 4.74. The van der Waals surface area contributed by atoms with E-state index in [0.717, 1.165) is 58.4 Å². The van der Waals surface area contributed by atoms with Gasteiger partial charge < -0.3 is 14.4 Å². The molecule has 29 heavy (non-hydrogen) atoms. The van der Waals surface area contributed by atoms with Crippen LogP contribution >= 0.6 is 0 Å². The van der Waals surface area contributed by atoms with Gasteiger partial charge in [-0.3, -0.25) is 9.78 Å². The molecule has 0 aliphatic carbocycles. The van der Waals surface area contributed by atoms with Gasteiger partial charge in [-0.1, -0.05) is 13.0 Å². The lowest BCUT2D eigenvalue weighted by atomic mass is 9.60. The average Bonchev–Trinajstić information content (AvgIpc) is 2.72. The molecule has 5 nitrogen and oxygen atoms in total. The number of ketones is 1. The smallest absolute Gasteiger partial charge is 0.187 e. The van der Waals surface area contributed by atoms with Crippen molar-refractivity contribution in [3.8, 4) is 0 Å². The first-order chi connectivity index (χ1) is 13.8. The molecule has 0 saturated carbocycles. The van der Waals surface area contributed by atoms with Crippen molar-refractivity contribution >= 4 is 5.78 Å². The largest absolute Gasteiger partial charge is 0.382 e. The zero-order valence-electron chi connectivity index (χ0n) is 19.1. The molecule has 0 bridgehead atoms. The zero-order valence-corrected chi connectivity index (χ0v) is 19.1. The third-order valence-electron chi connectivity index (χ3n) is 6.18. The molecule has 0 aromatic carbocycles. The van der Waals surface area contributed by atoms with Crippen LogP contribution in [-0.4, -0.2) is 61.2 Å². The van der Waals surface area contributed by atoms with E-state index in [0.29, 0.717) is 18.2 Å². The van der Waals surface area contributed by atoms with Crippen LogP contribution in [0.2, 0.25) is 0 Å². The molecule has 2 saturated heterocycles. The van der Waals surface area contributed by atoms with Crippen molar-refractivity contribution in [1.29, 1.82) is 0 Å². The molecule has 0 spiro atoms. The summed E-state index contributed by atoms with van der Waals surface area (Å²) in [6.45, 7) is 12.9. The minimum atomic E-state index is -0.322. The van der Waals surface area contributed by atoms with Gasteiger partial charge in [0.2, 0.25) is 0 Å². The van der Waals surface area contributed by atoms with Crippen LogP contribution in [0.1, 0.15) is 70.3 Å². The second kappa shape index (κ2) is 11.2. The van der Waals surface area contributed by atoms with Gasteiger partial charge in [0.25, 0.3) is 0 Å². The molecule has 2 aliphatic rings. The highest BCUT2D eigenvalue weighted by molar-refractivity contribution is 5.99. The molecule has 2 fully saturated rings. The van der Waals surface area contributed by atoms with Crippen molar-refractivity contribution < 1.29 is 14.3 Å². The van der Waals surface area contributed by atoms with E-state index >= 15 is 0 Å². The van der Waals surface area contributed by atoms with Crippen LogP contribution < -0.4 is 0 Å². The number of carbonyl (C=O) groups is 1. The molecular weight excluding hydrogens is 364 g/mol. The Morgan fingerprint density at radius 1 is 1.28 bits per heavy atom. The monoisotopic (exact) mass is 404 g/mol. The van der Waals surface area contributed by atoms with Crippen LogP contribution in [0.4, 0.5) is 0 Å². The van der Waals surface area contributed by atoms with Crippen molar-refractivity contribution in [3.63, 3.8) is 0 Å². The van der Waals surface area contributed by atoms with Gasteiger partial charge >= 0.3 is 0 Å². The molecule has 1 aromatic heterocycles. The Hall–Kier alpha value is -1.30. The normalized spacial score (nSPS) is 25.1. The third-order valence-corrected chi connectivity index (χ3v) is 6.18. The number of aromatic nitrogens is 1. The van der Waals surface area contributed by atoms with Crippen LogP contribution in [0, 0.1) is 11.3 Å². The molecule has 3 heterocycles. The Balaban J connectivity index is 0.000000438. The lowest BCUT2D eigenvalue weighted by Gasteiger charge is -2.49. The first kappa shape index (κ1) is 24.0. The van der Waals surface area contributed by atoms with Crippen LogP contribution in [0.15, 0.2) is 24.4 Å². The van der Waals surface area contributed by atoms with Gasteiger partial charge in [0, 0.05) is 31.4 Å². The van der Waals surface area contributed by atoms with Gasteiger partial charge in [-0.25, -0.2) is 0 Å². The molecule has 0 amide bonds. The van der Waals surface area contributed by atoms with Crippen molar-refractivity contribution in [2.45, 2.75) is 65.4 Å². The number of rotatable bonds is 6. The molecule has 2 aliphatic heterocycles. The number of nitrogens with zero attached hydrogens (tertiary/aromatic N) is 2. The minimum absolute atomic E-state index is 0.226. The number of likely N-dealkylation sites (tertiary alicyclic amines) is 1. The molecule has 1 aromatic rings. The summed E-state index contributed by atoms with van der Waals surface area (Å²) in [5, 5.41) is 0. The van der Waals surface area contributed by atoms with Crippen molar-refractivity contribution in [2.75, 3.05) is 40.0 Å². The highest BCUT2D eigenvalue weighted by atomic mass is 16.5. The Labute approximate surface area is 177 Å². The maximum atomic E-state index is 13.5. The SMILES string of the molecule is CCCOCC.CN1CCC(C2(C(=O)c3ccccn3)CCOC(C)(C)C2)CC1. The fourth-order valence-electron chi connectivity index (χ4n) is 4.74. The van der Waals surface area contributed by atoms with Gasteiger partial charge in [0.05, 0.1) is 5.60 Å². The molecular formula is C24H40N2O3. The summed E-state index contributed by atoms with van der Waals surface area (Å²) in [6.07, 6.45) is 6.65. The second-order valence-electron chi connectivity index (χ2n) is 9.01. The quantitative estimate of drug-likeness (QED) is 0.512. The summed E-state index contributed by atoms with van der Waals surface area (Å²) < 4.78 is 10.9. The predicted octanol–water partition coefficient (Wildman–Crippen LogP) is 4.61. The summed E-state index contributed by atoms with van der Waals surface area (Å²) in [5.41, 5.74) is 0.0489. The Kier molecular flexibility index (Phi) is 9.25. The van der Waals surface area contributed by atoms with Gasteiger partial charge in [-0.05, 0) is 91.1 Å². The van der Waals surface area contributed by atoms with Crippen LogP contribution in [0.25, 0.3) is 0 Å². The van der Waals surface area contributed by atoms with E-state index in [9.17, 15) is 4.79 Å². The molecule has 3 rings (SSSR count). The maximum Gasteiger partial charge on any atom is 0.187 e. The molecule has 1 atom stereocenters. The summed E-state index contributed by atoms with van der Waals surface area (Å²) in [7, 11) is 2.16. The maximum absolute atomic E-state index is 13.5. The van der Waals surface area contributed by atoms with E-state index in [1.165, 1.54) is 0 Å². The van der Waals surface area contributed by atoms with Gasteiger partial charge in [-0.2, -0.15) is 0 Å². The van der Waals surface area contributed by atoms with Crippen molar-refractivity contribution in [2.24, 2.45) is 11.3 Å². The van der Waals surface area contributed by atoms with Gasteiger partial charge in [0.15, 0.2) is 5.78 Å². The third kappa shape index (κ3) is 6.59. The van der Waals surface area contributed by atoms with E-state index in [1.807, 2.05) is 25.1 Å². The fraction of sp³-hybridized carbons (Fsp3) is 0.750. The van der Waals surface area contributed by atoms with E-state index in [1.54, 1.807) is 6.20 Å². The number of Topliss-reactive ketones (excluding diaryl/α,β-unsaturated/α-hetero) is 1. The van der Waals surface area contributed by atoms with E-state index < -0.39 is 0 Å². The molecule has 164 valence electrons. The standard InChI is InChI=1S/C19H28N2O2.C5H12O/c1-18(2)14-19(9-13-23-18,15-7-11-21(3)12-8-15)17(22)16-6-4-5-10-20-16;1-3-5-6-4-2/h4-6,10,15H,7-9,11-14H2,1-3H3;3-5H2,1-2H3. The van der Waals surface area contributed by atoms with Crippen molar-refractivity contribution in [3.05, 3.63) is 30.1 Å². The lowest BCUT2D eigenvalue weighted by molar-refractivity contribution is -0.113. The highest BCUT2D eigenvalue weighted by Gasteiger charge is 2.51. The number of carbonyl (C=O) groups excluding carboxylic acids is 1. The minimum Gasteiger partial charge on any atom is -0.382 e. The molecule has 0 N–H and O–H groups in total. The topological polar surface area (TPSA) is 51.7 Å². The number of hydrogen-bond acceptors (Lipinski definition) is 5. The lowest BCUT2D eigenvalue weighted by Crippen LogP contribution is -2.52. The number of hydrogen-bond donors (Lipinski definition) is 0. The van der Waals surface area contributed by atoms with Crippen LogP contribution in [-0.2, 0) is 9.47 Å². The van der Waals surface area contributed by atoms with E-state index in [2.05, 4.69) is 37.7 Å². The van der Waals surface area contributed by atoms with Gasteiger partial charge in [0.1, 0.15) is 5.69 Å². The number of pyridine rings is 1. The zero-order chi connectivity index (χ0) is 21.3. The van der Waals surface area contributed by atoms with Crippen molar-refractivity contribution in [1.82, 2.24) is 9.88 Å². The predicted molar refractivity (Wildman–Crippen MR) is 117 cm³/mol. The molecule has 0 radical (unpaired) electrons. The Morgan fingerprint density at radius 3 is 2.52 bits per heavy atom. The highest BCUT2D eigenvalue weighted by Crippen LogP contribution is 2.49. The first-order valence-corrected chi connectivity index (χ1v) is 11.2. The average molecular weight is 405 g/mol. The number of piperidine rings is 1. The Bertz CT molecular complexity index is 608. The summed E-state index contributed by atoms with van der Waals surface area (Å²) in [4.78, 5) is 20.2. The van der Waals surface area contributed by atoms with E-state index in [-0.39, 0.29) is 16.8 Å². The van der Waals surface area contributed by atoms with E-state index in [4.69, 9.17) is 9.47 Å². The second-order valence-corrected chi connectivity index (χ2v) is 9.01. The summed E-state index contributed by atoms with van der Waals surface area (Å²) in [6, 6.07) is 5.64. The van der Waals surface area contributed by atoms with Gasteiger partial charge in [-0.15, -0.1) is 0 Å². The van der Waals surface area contributed by atoms with Crippen LogP contribution in [0.5, 0.6) is 0 Å². The molecule has 1 unspecified atom stereocenters. The van der Waals surface area contributed by atoms with Crippen LogP contribution in [0.3, 0.4) is 0 Å². The summed E-state index contributed by atoms with van der Waals surface area (Å²) >= 11 is 0. The Morgan fingerprint density at radius 2 is 2.00 bits per heavy atom. The summed E-state index contributed by atoms with van der Waals surface area (Å²) in [5.74, 6) is 0.653. The first-order valence-electron chi connectivity index (χ1n) is 11.2.